The molecule has 1 aromatic heterocycles. The van der Waals surface area contributed by atoms with Crippen molar-refractivity contribution in [1.29, 1.82) is 0 Å². The Morgan fingerprint density at radius 3 is 2.59 bits per heavy atom. The minimum absolute atomic E-state index is 0.221. The third-order valence-corrected chi connectivity index (χ3v) is 2.70. The summed E-state index contributed by atoms with van der Waals surface area (Å²) >= 11 is 0. The highest BCUT2D eigenvalue weighted by molar-refractivity contribution is 5.71. The van der Waals surface area contributed by atoms with Crippen molar-refractivity contribution in [2.24, 2.45) is 0 Å². The van der Waals surface area contributed by atoms with Gasteiger partial charge in [0.1, 0.15) is 29.0 Å². The van der Waals surface area contributed by atoms with E-state index in [1.807, 2.05) is 6.92 Å². The standard InChI is InChI=1S/C12H13F2N3/c1-3-17-7(2)16-11(12(17)15)9-5-4-8(13)6-10(9)14/h4-6H,3,15H2,1-2H3. The second kappa shape index (κ2) is 4.16. The first-order chi connectivity index (χ1) is 8.04. The van der Waals surface area contributed by atoms with Gasteiger partial charge < -0.3 is 10.3 Å². The number of hydrogen-bond donors (Lipinski definition) is 1. The van der Waals surface area contributed by atoms with Crippen molar-refractivity contribution in [2.75, 3.05) is 5.73 Å². The first-order valence-corrected chi connectivity index (χ1v) is 5.32. The summed E-state index contributed by atoms with van der Waals surface area (Å²) in [6, 6.07) is 3.37. The van der Waals surface area contributed by atoms with E-state index in [9.17, 15) is 8.78 Å². The van der Waals surface area contributed by atoms with Crippen molar-refractivity contribution in [2.45, 2.75) is 20.4 Å². The molecule has 0 fully saturated rings. The molecule has 0 radical (unpaired) electrons. The fraction of sp³-hybridized carbons (Fsp3) is 0.250. The second-order valence-corrected chi connectivity index (χ2v) is 3.76. The van der Waals surface area contributed by atoms with Crippen LogP contribution >= 0.6 is 0 Å². The lowest BCUT2D eigenvalue weighted by molar-refractivity contribution is 0.585. The first-order valence-electron chi connectivity index (χ1n) is 5.32. The Kier molecular flexibility index (Phi) is 2.83. The third kappa shape index (κ3) is 1.88. The maximum Gasteiger partial charge on any atom is 0.135 e. The first kappa shape index (κ1) is 11.6. The van der Waals surface area contributed by atoms with E-state index in [1.54, 1.807) is 11.5 Å². The van der Waals surface area contributed by atoms with Gasteiger partial charge in [0.05, 0.1) is 0 Å². The van der Waals surface area contributed by atoms with Gasteiger partial charge in [-0.3, -0.25) is 0 Å². The predicted molar refractivity (Wildman–Crippen MR) is 62.4 cm³/mol. The van der Waals surface area contributed by atoms with Crippen molar-refractivity contribution in [3.05, 3.63) is 35.7 Å². The number of benzene rings is 1. The van der Waals surface area contributed by atoms with Crippen LogP contribution in [-0.4, -0.2) is 9.55 Å². The molecule has 2 aromatic rings. The van der Waals surface area contributed by atoms with Crippen LogP contribution < -0.4 is 5.73 Å². The van der Waals surface area contributed by atoms with E-state index < -0.39 is 11.6 Å². The molecule has 2 rings (SSSR count). The fourth-order valence-corrected chi connectivity index (χ4v) is 1.86. The zero-order chi connectivity index (χ0) is 12.6. The number of imidazole rings is 1. The Bertz CT molecular complexity index is 561. The molecule has 0 atom stereocenters. The maximum atomic E-state index is 13.6. The Morgan fingerprint density at radius 2 is 2.06 bits per heavy atom. The predicted octanol–water partition coefficient (Wildman–Crippen LogP) is 2.74. The van der Waals surface area contributed by atoms with Crippen LogP contribution in [0.25, 0.3) is 11.3 Å². The highest BCUT2D eigenvalue weighted by atomic mass is 19.1. The number of halogens is 2. The van der Waals surface area contributed by atoms with E-state index in [0.717, 1.165) is 6.07 Å². The van der Waals surface area contributed by atoms with Crippen LogP contribution in [0.4, 0.5) is 14.6 Å². The summed E-state index contributed by atoms with van der Waals surface area (Å²) in [5, 5.41) is 0. The zero-order valence-corrected chi connectivity index (χ0v) is 9.67. The smallest absolute Gasteiger partial charge is 0.135 e. The molecular weight excluding hydrogens is 224 g/mol. The van der Waals surface area contributed by atoms with Crippen molar-refractivity contribution in [3.8, 4) is 11.3 Å². The lowest BCUT2D eigenvalue weighted by atomic mass is 10.1. The van der Waals surface area contributed by atoms with Gasteiger partial charge in [-0.25, -0.2) is 13.8 Å². The molecule has 0 spiro atoms. The summed E-state index contributed by atoms with van der Waals surface area (Å²) in [5.74, 6) is -0.159. The van der Waals surface area contributed by atoms with Gasteiger partial charge in [0.15, 0.2) is 0 Å². The summed E-state index contributed by atoms with van der Waals surface area (Å²) in [5.41, 5.74) is 6.48. The largest absolute Gasteiger partial charge is 0.383 e. The normalized spacial score (nSPS) is 10.8. The number of hydrogen-bond acceptors (Lipinski definition) is 2. The van der Waals surface area contributed by atoms with Crippen LogP contribution in [0.2, 0.25) is 0 Å². The molecule has 0 aliphatic heterocycles. The van der Waals surface area contributed by atoms with E-state index in [2.05, 4.69) is 4.98 Å². The summed E-state index contributed by atoms with van der Waals surface area (Å²) in [7, 11) is 0. The molecule has 0 amide bonds. The minimum Gasteiger partial charge on any atom is -0.383 e. The summed E-state index contributed by atoms with van der Waals surface area (Å²) in [6.07, 6.45) is 0. The van der Waals surface area contributed by atoms with E-state index in [1.165, 1.54) is 12.1 Å². The number of anilines is 1. The van der Waals surface area contributed by atoms with E-state index in [0.29, 0.717) is 23.9 Å². The molecular formula is C12H13F2N3. The van der Waals surface area contributed by atoms with Crippen molar-refractivity contribution in [3.63, 3.8) is 0 Å². The zero-order valence-electron chi connectivity index (χ0n) is 9.67. The Morgan fingerprint density at radius 1 is 1.35 bits per heavy atom. The maximum absolute atomic E-state index is 13.6. The minimum atomic E-state index is -0.655. The van der Waals surface area contributed by atoms with Gasteiger partial charge in [-0.15, -0.1) is 0 Å². The molecule has 0 saturated heterocycles. The second-order valence-electron chi connectivity index (χ2n) is 3.76. The third-order valence-electron chi connectivity index (χ3n) is 2.70. The topological polar surface area (TPSA) is 43.8 Å². The van der Waals surface area contributed by atoms with Gasteiger partial charge in [-0.05, 0) is 26.0 Å². The fourth-order valence-electron chi connectivity index (χ4n) is 1.86. The van der Waals surface area contributed by atoms with Gasteiger partial charge in [-0.2, -0.15) is 0 Å². The van der Waals surface area contributed by atoms with Crippen LogP contribution in [0, 0.1) is 18.6 Å². The highest BCUT2D eigenvalue weighted by Gasteiger charge is 2.16. The summed E-state index contributed by atoms with van der Waals surface area (Å²) in [4.78, 5) is 4.22. The van der Waals surface area contributed by atoms with Crippen molar-refractivity contribution in [1.82, 2.24) is 9.55 Å². The summed E-state index contributed by atoms with van der Waals surface area (Å²) < 4.78 is 28.2. The molecule has 0 unspecified atom stereocenters. The quantitative estimate of drug-likeness (QED) is 0.872. The van der Waals surface area contributed by atoms with E-state index >= 15 is 0 Å². The number of rotatable bonds is 2. The average molecular weight is 237 g/mol. The SMILES string of the molecule is CCn1c(C)nc(-c2ccc(F)cc2F)c1N. The molecule has 0 aliphatic carbocycles. The van der Waals surface area contributed by atoms with Crippen LogP contribution in [-0.2, 0) is 6.54 Å². The molecule has 90 valence electrons. The molecule has 1 heterocycles. The lowest BCUT2D eigenvalue weighted by Gasteiger charge is -2.04. The molecule has 1 aromatic carbocycles. The van der Waals surface area contributed by atoms with E-state index in [-0.39, 0.29) is 5.56 Å². The molecule has 0 saturated carbocycles. The molecule has 5 heteroatoms. The Balaban J connectivity index is 2.61. The lowest BCUT2D eigenvalue weighted by Crippen LogP contribution is -2.02. The van der Waals surface area contributed by atoms with Crippen LogP contribution in [0.5, 0.6) is 0 Å². The van der Waals surface area contributed by atoms with Gasteiger partial charge in [-0.1, -0.05) is 0 Å². The molecule has 0 aliphatic rings. The van der Waals surface area contributed by atoms with Gasteiger partial charge in [0.2, 0.25) is 0 Å². The Labute approximate surface area is 97.9 Å². The van der Waals surface area contributed by atoms with Crippen molar-refractivity contribution < 1.29 is 8.78 Å². The molecule has 0 bridgehead atoms. The Hall–Kier alpha value is -1.91. The van der Waals surface area contributed by atoms with Crippen LogP contribution in [0.3, 0.4) is 0 Å². The van der Waals surface area contributed by atoms with Crippen molar-refractivity contribution >= 4 is 5.82 Å². The number of nitrogen functional groups attached to an aromatic ring is 1. The summed E-state index contributed by atoms with van der Waals surface area (Å²) in [6.45, 7) is 4.38. The molecule has 2 N–H and O–H groups in total. The molecule has 17 heavy (non-hydrogen) atoms. The average Bonchev–Trinajstić information content (AvgIpc) is 2.54. The van der Waals surface area contributed by atoms with E-state index in [4.69, 9.17) is 5.73 Å². The number of nitrogens with zero attached hydrogens (tertiary/aromatic N) is 2. The van der Waals surface area contributed by atoms with Gasteiger partial charge in [0, 0.05) is 18.2 Å². The van der Waals surface area contributed by atoms with Gasteiger partial charge >= 0.3 is 0 Å². The van der Waals surface area contributed by atoms with Crippen LogP contribution in [0.1, 0.15) is 12.7 Å². The van der Waals surface area contributed by atoms with Gasteiger partial charge in [0.25, 0.3) is 0 Å². The monoisotopic (exact) mass is 237 g/mol. The number of nitrogens with two attached hydrogens (primary N) is 1. The van der Waals surface area contributed by atoms with Crippen LogP contribution in [0.15, 0.2) is 18.2 Å². The number of aromatic nitrogens is 2. The molecule has 3 nitrogen and oxygen atoms in total. The number of aryl methyl sites for hydroxylation is 1. The highest BCUT2D eigenvalue weighted by Crippen LogP contribution is 2.28.